The van der Waals surface area contributed by atoms with E-state index >= 15 is 0 Å². The molecular weight excluding hydrogens is 398 g/mol. The highest BCUT2D eigenvalue weighted by Gasteiger charge is 2.34. The van der Waals surface area contributed by atoms with E-state index in [2.05, 4.69) is 15.0 Å². The summed E-state index contributed by atoms with van der Waals surface area (Å²) < 4.78 is 5.69. The number of hydrogen-bond acceptors (Lipinski definition) is 7. The molecule has 3 aromatic heterocycles. The first kappa shape index (κ1) is 16.9. The number of benzene rings is 2. The van der Waals surface area contributed by atoms with Crippen molar-refractivity contribution in [3.63, 3.8) is 0 Å². The Hall–Kier alpha value is -3.97. The van der Waals surface area contributed by atoms with Gasteiger partial charge in [-0.15, -0.1) is 0 Å². The summed E-state index contributed by atoms with van der Waals surface area (Å²) in [4.78, 5) is 39.3. The van der Waals surface area contributed by atoms with Gasteiger partial charge >= 0.3 is 0 Å². The third kappa shape index (κ3) is 2.53. The third-order valence-electron chi connectivity index (χ3n) is 5.03. The Kier molecular flexibility index (Phi) is 3.54. The van der Waals surface area contributed by atoms with Crippen molar-refractivity contribution in [2.75, 3.05) is 0 Å². The number of hydrogen-bond donors (Lipinski definition) is 0. The lowest BCUT2D eigenvalue weighted by atomic mass is 10.0. The van der Waals surface area contributed by atoms with E-state index in [1.165, 1.54) is 17.4 Å². The summed E-state index contributed by atoms with van der Waals surface area (Å²) in [6, 6.07) is 14.9. The molecule has 142 valence electrons. The Balaban J connectivity index is 1.39. The van der Waals surface area contributed by atoms with Gasteiger partial charge in [-0.05, 0) is 35.0 Å². The number of carbonyl (C=O) groups is 2. The number of thiazole rings is 1. The SMILES string of the molecule is O=C1C(=Cc2nc3sc(-c4cccnc4)nc3o2)C(=O)c2cc3ccccc3cc21. The summed E-state index contributed by atoms with van der Waals surface area (Å²) in [5, 5.41) is 2.58. The van der Waals surface area contributed by atoms with E-state index in [1.54, 1.807) is 24.5 Å². The van der Waals surface area contributed by atoms with Crippen molar-refractivity contribution in [1.82, 2.24) is 15.0 Å². The minimum absolute atomic E-state index is 0.0571. The van der Waals surface area contributed by atoms with Crippen molar-refractivity contribution in [3.05, 3.63) is 83.5 Å². The molecule has 0 bridgehead atoms. The van der Waals surface area contributed by atoms with E-state index in [1.807, 2.05) is 36.4 Å². The number of Topliss-reactive ketones (excluding diaryl/α,β-unsaturated/α-hetero) is 2. The van der Waals surface area contributed by atoms with E-state index in [0.29, 0.717) is 21.7 Å². The second kappa shape index (κ2) is 6.27. The predicted molar refractivity (Wildman–Crippen MR) is 113 cm³/mol. The highest BCUT2D eigenvalue weighted by Crippen LogP contribution is 2.33. The maximum absolute atomic E-state index is 12.9. The van der Waals surface area contributed by atoms with Crippen molar-refractivity contribution in [2.45, 2.75) is 0 Å². The van der Waals surface area contributed by atoms with Gasteiger partial charge in [-0.2, -0.15) is 9.97 Å². The molecule has 0 fully saturated rings. The average molecular weight is 409 g/mol. The number of oxazole rings is 1. The van der Waals surface area contributed by atoms with E-state index in [-0.39, 0.29) is 23.0 Å². The zero-order valence-electron chi connectivity index (χ0n) is 15.3. The molecule has 2 aromatic carbocycles. The molecular formula is C23H11N3O3S. The average Bonchev–Trinajstić information content (AvgIpc) is 3.41. The van der Waals surface area contributed by atoms with E-state index in [4.69, 9.17) is 4.42 Å². The van der Waals surface area contributed by atoms with Gasteiger partial charge in [0.2, 0.25) is 5.89 Å². The molecule has 0 aliphatic heterocycles. The van der Waals surface area contributed by atoms with Crippen LogP contribution < -0.4 is 0 Å². The van der Waals surface area contributed by atoms with Crippen LogP contribution in [-0.2, 0) is 0 Å². The minimum Gasteiger partial charge on any atom is -0.417 e. The van der Waals surface area contributed by atoms with E-state index in [9.17, 15) is 9.59 Å². The van der Waals surface area contributed by atoms with Crippen molar-refractivity contribution >= 4 is 50.3 Å². The van der Waals surface area contributed by atoms with Crippen molar-refractivity contribution in [1.29, 1.82) is 0 Å². The normalized spacial score (nSPS) is 13.4. The maximum Gasteiger partial charge on any atom is 0.259 e. The largest absolute Gasteiger partial charge is 0.417 e. The van der Waals surface area contributed by atoms with Crippen molar-refractivity contribution in [2.24, 2.45) is 0 Å². The van der Waals surface area contributed by atoms with Gasteiger partial charge in [0.05, 0.1) is 5.57 Å². The highest BCUT2D eigenvalue weighted by atomic mass is 32.1. The van der Waals surface area contributed by atoms with Gasteiger partial charge in [-0.1, -0.05) is 35.6 Å². The number of carbonyl (C=O) groups excluding carboxylic acids is 2. The van der Waals surface area contributed by atoms with Gasteiger partial charge in [-0.3, -0.25) is 14.6 Å². The smallest absolute Gasteiger partial charge is 0.259 e. The van der Waals surface area contributed by atoms with Gasteiger partial charge < -0.3 is 4.42 Å². The standard InChI is InChI=1S/C23H11N3O3S/c27-19-15-8-12-4-1-2-5-13(12)9-16(15)20(28)17(19)10-18-25-23-21(29-18)26-22(30-23)14-6-3-7-24-11-14/h1-11H. The third-order valence-corrected chi connectivity index (χ3v) is 6.01. The summed E-state index contributed by atoms with van der Waals surface area (Å²) >= 11 is 1.36. The second-order valence-electron chi connectivity index (χ2n) is 6.88. The van der Waals surface area contributed by atoms with Crippen LogP contribution in [0.15, 0.2) is 70.9 Å². The summed E-state index contributed by atoms with van der Waals surface area (Å²) in [5.74, 6) is -0.437. The zero-order chi connectivity index (χ0) is 20.2. The molecule has 7 heteroatoms. The lowest BCUT2D eigenvalue weighted by molar-refractivity contribution is 0.0990. The van der Waals surface area contributed by atoms with Gasteiger partial charge in [-0.25, -0.2) is 0 Å². The number of fused-ring (bicyclic) bond motifs is 3. The monoisotopic (exact) mass is 409 g/mol. The molecule has 0 spiro atoms. The maximum atomic E-state index is 12.9. The van der Waals surface area contributed by atoms with Crippen LogP contribution >= 0.6 is 11.3 Å². The summed E-state index contributed by atoms with van der Waals surface area (Å²) in [5.41, 5.74) is 2.12. The number of allylic oxidation sites excluding steroid dienone is 1. The number of pyridine rings is 1. The van der Waals surface area contributed by atoms with Crippen LogP contribution in [0.3, 0.4) is 0 Å². The van der Waals surface area contributed by atoms with Crippen LogP contribution in [0.4, 0.5) is 0 Å². The van der Waals surface area contributed by atoms with Crippen LogP contribution in [-0.4, -0.2) is 26.5 Å². The van der Waals surface area contributed by atoms with Gasteiger partial charge in [0.15, 0.2) is 16.4 Å². The van der Waals surface area contributed by atoms with Crippen LogP contribution in [0.25, 0.3) is 38.0 Å². The second-order valence-corrected chi connectivity index (χ2v) is 7.86. The zero-order valence-corrected chi connectivity index (χ0v) is 16.1. The van der Waals surface area contributed by atoms with Crippen LogP contribution in [0, 0.1) is 0 Å². The Morgan fingerprint density at radius 2 is 1.63 bits per heavy atom. The van der Waals surface area contributed by atoms with E-state index in [0.717, 1.165) is 21.3 Å². The molecule has 5 aromatic rings. The van der Waals surface area contributed by atoms with Gasteiger partial charge in [0, 0.05) is 35.2 Å². The number of rotatable bonds is 2. The Bertz CT molecular complexity index is 1440. The molecule has 0 amide bonds. The summed E-state index contributed by atoms with van der Waals surface area (Å²) in [7, 11) is 0. The summed E-state index contributed by atoms with van der Waals surface area (Å²) in [6.45, 7) is 0. The summed E-state index contributed by atoms with van der Waals surface area (Å²) in [6.07, 6.45) is 4.82. The Morgan fingerprint density at radius 1 is 0.900 bits per heavy atom. The molecule has 0 N–H and O–H groups in total. The number of ketones is 2. The lowest BCUT2D eigenvalue weighted by Gasteiger charge is -2.00. The van der Waals surface area contributed by atoms with Gasteiger partial charge in [0.25, 0.3) is 5.71 Å². The van der Waals surface area contributed by atoms with E-state index < -0.39 is 0 Å². The topological polar surface area (TPSA) is 85.9 Å². The molecule has 0 radical (unpaired) electrons. The first-order chi connectivity index (χ1) is 14.7. The predicted octanol–water partition coefficient (Wildman–Crippen LogP) is 4.96. The van der Waals surface area contributed by atoms with Crippen molar-refractivity contribution in [3.8, 4) is 10.6 Å². The molecule has 6 nitrogen and oxygen atoms in total. The quantitative estimate of drug-likeness (QED) is 0.302. The first-order valence-electron chi connectivity index (χ1n) is 9.19. The number of aromatic nitrogens is 3. The molecule has 0 atom stereocenters. The fourth-order valence-corrected chi connectivity index (χ4v) is 4.46. The molecule has 1 aliphatic rings. The first-order valence-corrected chi connectivity index (χ1v) is 10.0. The van der Waals surface area contributed by atoms with Crippen LogP contribution in [0.2, 0.25) is 0 Å². The molecule has 0 saturated heterocycles. The minimum atomic E-state index is -0.314. The lowest BCUT2D eigenvalue weighted by Crippen LogP contribution is -2.00. The fraction of sp³-hybridized carbons (Fsp3) is 0. The molecule has 0 saturated carbocycles. The molecule has 30 heavy (non-hydrogen) atoms. The van der Waals surface area contributed by atoms with Crippen molar-refractivity contribution < 1.29 is 14.0 Å². The van der Waals surface area contributed by atoms with Gasteiger partial charge in [0.1, 0.15) is 5.01 Å². The molecule has 3 heterocycles. The Labute approximate surface area is 173 Å². The molecule has 6 rings (SSSR count). The highest BCUT2D eigenvalue weighted by molar-refractivity contribution is 7.21. The number of nitrogens with zero attached hydrogens (tertiary/aromatic N) is 3. The van der Waals surface area contributed by atoms with Crippen LogP contribution in [0.5, 0.6) is 0 Å². The fourth-order valence-electron chi connectivity index (χ4n) is 3.60. The molecule has 0 unspecified atom stereocenters. The van der Waals surface area contributed by atoms with Crippen LogP contribution in [0.1, 0.15) is 26.6 Å². The molecule has 1 aliphatic carbocycles. The Morgan fingerprint density at radius 3 is 2.27 bits per heavy atom.